The standard InChI is InChI=1S/C13H13Cl2N3O2/c1-7-8(12(15)18(2)17-7)6-20-13(19)11-9(14)4-3-5-10(11)16/h3-5H,6,16H2,1-2H3. The van der Waals surface area contributed by atoms with Crippen molar-refractivity contribution in [3.8, 4) is 0 Å². The third kappa shape index (κ3) is 2.73. The number of ether oxygens (including phenoxy) is 1. The number of esters is 1. The molecule has 7 heteroatoms. The first-order valence-electron chi connectivity index (χ1n) is 5.81. The summed E-state index contributed by atoms with van der Waals surface area (Å²) in [6, 6.07) is 4.83. The van der Waals surface area contributed by atoms with Crippen LogP contribution in [0.25, 0.3) is 0 Å². The van der Waals surface area contributed by atoms with Gasteiger partial charge >= 0.3 is 5.97 Å². The van der Waals surface area contributed by atoms with Crippen molar-refractivity contribution < 1.29 is 9.53 Å². The number of nitrogen functional groups attached to an aromatic ring is 1. The zero-order chi connectivity index (χ0) is 14.9. The predicted molar refractivity (Wildman–Crippen MR) is 77.9 cm³/mol. The van der Waals surface area contributed by atoms with Crippen LogP contribution >= 0.6 is 23.2 Å². The maximum absolute atomic E-state index is 12.0. The molecule has 1 heterocycles. The van der Waals surface area contributed by atoms with Crippen LogP contribution in [0.4, 0.5) is 5.69 Å². The van der Waals surface area contributed by atoms with Gasteiger partial charge in [0.25, 0.3) is 0 Å². The number of aromatic nitrogens is 2. The maximum Gasteiger partial charge on any atom is 0.342 e. The van der Waals surface area contributed by atoms with E-state index in [1.807, 2.05) is 0 Å². The van der Waals surface area contributed by atoms with Gasteiger partial charge in [0.15, 0.2) is 0 Å². The second-order valence-electron chi connectivity index (χ2n) is 4.26. The highest BCUT2D eigenvalue weighted by atomic mass is 35.5. The number of benzene rings is 1. The van der Waals surface area contributed by atoms with Crippen LogP contribution in [0.2, 0.25) is 10.2 Å². The van der Waals surface area contributed by atoms with Crippen molar-refractivity contribution in [1.29, 1.82) is 0 Å². The lowest BCUT2D eigenvalue weighted by Gasteiger charge is -2.08. The predicted octanol–water partition coefficient (Wildman–Crippen LogP) is 2.97. The molecule has 0 aliphatic carbocycles. The molecule has 0 aliphatic heterocycles. The fourth-order valence-electron chi connectivity index (χ4n) is 1.80. The molecule has 0 atom stereocenters. The van der Waals surface area contributed by atoms with E-state index in [9.17, 15) is 4.79 Å². The number of carbonyl (C=O) groups is 1. The van der Waals surface area contributed by atoms with Crippen LogP contribution in [0, 0.1) is 6.92 Å². The summed E-state index contributed by atoms with van der Waals surface area (Å²) in [7, 11) is 1.71. The Morgan fingerprint density at radius 2 is 2.15 bits per heavy atom. The van der Waals surface area contributed by atoms with Crippen LogP contribution in [0.3, 0.4) is 0 Å². The summed E-state index contributed by atoms with van der Waals surface area (Å²) in [5.41, 5.74) is 7.53. The Balaban J connectivity index is 2.17. The van der Waals surface area contributed by atoms with Crippen LogP contribution in [0.5, 0.6) is 0 Å². The number of aryl methyl sites for hydroxylation is 2. The summed E-state index contributed by atoms with van der Waals surface area (Å²) >= 11 is 12.0. The Labute approximate surface area is 126 Å². The Hall–Kier alpha value is -1.72. The molecule has 1 aromatic heterocycles. The Kier molecular flexibility index (Phi) is 4.20. The molecule has 5 nitrogen and oxygen atoms in total. The number of hydrogen-bond acceptors (Lipinski definition) is 4. The zero-order valence-electron chi connectivity index (χ0n) is 11.0. The highest BCUT2D eigenvalue weighted by Crippen LogP contribution is 2.24. The second-order valence-corrected chi connectivity index (χ2v) is 5.02. The molecule has 0 bridgehead atoms. The average Bonchev–Trinajstić information content (AvgIpc) is 2.61. The number of hydrogen-bond donors (Lipinski definition) is 1. The maximum atomic E-state index is 12.0. The minimum atomic E-state index is -0.590. The number of nitrogens with two attached hydrogens (primary N) is 1. The largest absolute Gasteiger partial charge is 0.457 e. The van der Waals surface area contributed by atoms with E-state index in [0.29, 0.717) is 16.4 Å². The van der Waals surface area contributed by atoms with Gasteiger partial charge in [-0.05, 0) is 19.1 Å². The lowest BCUT2D eigenvalue weighted by molar-refractivity contribution is 0.0473. The second kappa shape index (κ2) is 5.73. The molecule has 0 radical (unpaired) electrons. The summed E-state index contributed by atoms with van der Waals surface area (Å²) in [6.45, 7) is 1.81. The molecule has 20 heavy (non-hydrogen) atoms. The monoisotopic (exact) mass is 313 g/mol. The first-order valence-corrected chi connectivity index (χ1v) is 6.56. The molecule has 0 amide bonds. The van der Waals surface area contributed by atoms with Crippen LogP contribution in [-0.4, -0.2) is 15.7 Å². The number of halogens is 2. The number of anilines is 1. The number of nitrogens with zero attached hydrogens (tertiary/aromatic N) is 2. The summed E-state index contributed by atoms with van der Waals surface area (Å²) in [5, 5.41) is 4.83. The highest BCUT2D eigenvalue weighted by molar-refractivity contribution is 6.34. The van der Waals surface area contributed by atoms with E-state index < -0.39 is 5.97 Å². The van der Waals surface area contributed by atoms with E-state index in [2.05, 4.69) is 5.10 Å². The van der Waals surface area contributed by atoms with Crippen LogP contribution in [0.1, 0.15) is 21.6 Å². The van der Waals surface area contributed by atoms with Gasteiger partial charge in [-0.25, -0.2) is 4.79 Å². The van der Waals surface area contributed by atoms with Crippen molar-refractivity contribution in [3.63, 3.8) is 0 Å². The normalized spacial score (nSPS) is 10.6. The van der Waals surface area contributed by atoms with Gasteiger partial charge in [0.05, 0.1) is 10.7 Å². The van der Waals surface area contributed by atoms with Gasteiger partial charge in [0.2, 0.25) is 0 Å². The van der Waals surface area contributed by atoms with Gasteiger partial charge < -0.3 is 10.5 Å². The fourth-order valence-corrected chi connectivity index (χ4v) is 2.29. The molecule has 2 aromatic rings. The Morgan fingerprint density at radius 1 is 1.45 bits per heavy atom. The summed E-state index contributed by atoms with van der Waals surface area (Å²) in [4.78, 5) is 12.0. The van der Waals surface area contributed by atoms with Gasteiger partial charge in [0, 0.05) is 18.3 Å². The van der Waals surface area contributed by atoms with E-state index in [1.165, 1.54) is 4.68 Å². The Morgan fingerprint density at radius 3 is 2.70 bits per heavy atom. The van der Waals surface area contributed by atoms with E-state index in [-0.39, 0.29) is 22.9 Å². The molecule has 0 saturated heterocycles. The molecular formula is C13H13Cl2N3O2. The van der Waals surface area contributed by atoms with Crippen molar-refractivity contribution in [2.45, 2.75) is 13.5 Å². The molecule has 2 rings (SSSR count). The lowest BCUT2D eigenvalue weighted by atomic mass is 10.2. The zero-order valence-corrected chi connectivity index (χ0v) is 12.5. The van der Waals surface area contributed by atoms with Crippen LogP contribution in [0.15, 0.2) is 18.2 Å². The molecular weight excluding hydrogens is 301 g/mol. The van der Waals surface area contributed by atoms with Crippen molar-refractivity contribution >= 4 is 34.9 Å². The van der Waals surface area contributed by atoms with Gasteiger partial charge in [0.1, 0.15) is 17.3 Å². The summed E-state index contributed by atoms with van der Waals surface area (Å²) in [6.07, 6.45) is 0. The first-order chi connectivity index (χ1) is 9.41. The van der Waals surface area contributed by atoms with Crippen LogP contribution < -0.4 is 5.73 Å². The van der Waals surface area contributed by atoms with Gasteiger partial charge in [-0.15, -0.1) is 0 Å². The minimum absolute atomic E-state index is 0.0159. The molecule has 0 unspecified atom stereocenters. The minimum Gasteiger partial charge on any atom is -0.457 e. The lowest BCUT2D eigenvalue weighted by Crippen LogP contribution is -2.09. The smallest absolute Gasteiger partial charge is 0.342 e. The quantitative estimate of drug-likeness (QED) is 0.698. The van der Waals surface area contributed by atoms with Crippen molar-refractivity contribution in [3.05, 3.63) is 45.2 Å². The number of rotatable bonds is 3. The van der Waals surface area contributed by atoms with Crippen molar-refractivity contribution in [2.75, 3.05) is 5.73 Å². The van der Waals surface area contributed by atoms with Crippen molar-refractivity contribution in [2.24, 2.45) is 7.05 Å². The molecule has 1 aromatic carbocycles. The molecule has 2 N–H and O–H groups in total. The molecule has 0 saturated carbocycles. The highest BCUT2D eigenvalue weighted by Gasteiger charge is 2.18. The third-order valence-corrected chi connectivity index (χ3v) is 3.66. The van der Waals surface area contributed by atoms with Gasteiger partial charge in [-0.2, -0.15) is 5.10 Å². The average molecular weight is 314 g/mol. The first kappa shape index (κ1) is 14.7. The van der Waals surface area contributed by atoms with Crippen LogP contribution in [-0.2, 0) is 18.4 Å². The third-order valence-electron chi connectivity index (χ3n) is 2.87. The Bertz CT molecular complexity index is 648. The molecule has 0 aliphatic rings. The van der Waals surface area contributed by atoms with Gasteiger partial charge in [-0.1, -0.05) is 29.3 Å². The van der Waals surface area contributed by atoms with E-state index >= 15 is 0 Å². The van der Waals surface area contributed by atoms with E-state index in [4.69, 9.17) is 33.7 Å². The molecule has 0 fully saturated rings. The SMILES string of the molecule is Cc1nn(C)c(Cl)c1COC(=O)c1c(N)cccc1Cl. The van der Waals surface area contributed by atoms with Gasteiger partial charge in [-0.3, -0.25) is 4.68 Å². The summed E-state index contributed by atoms with van der Waals surface area (Å²) in [5.74, 6) is -0.590. The van der Waals surface area contributed by atoms with E-state index in [0.717, 1.165) is 0 Å². The molecule has 0 spiro atoms. The summed E-state index contributed by atoms with van der Waals surface area (Å²) < 4.78 is 6.73. The van der Waals surface area contributed by atoms with E-state index in [1.54, 1.807) is 32.2 Å². The number of carbonyl (C=O) groups excluding carboxylic acids is 1. The van der Waals surface area contributed by atoms with Crippen molar-refractivity contribution in [1.82, 2.24) is 9.78 Å². The fraction of sp³-hybridized carbons (Fsp3) is 0.231. The topological polar surface area (TPSA) is 70.1 Å². The molecule has 106 valence electrons.